The van der Waals surface area contributed by atoms with Gasteiger partial charge in [-0.25, -0.2) is 13.2 Å². The third-order valence-electron chi connectivity index (χ3n) is 7.43. The van der Waals surface area contributed by atoms with E-state index in [9.17, 15) is 36.3 Å². The van der Waals surface area contributed by atoms with Gasteiger partial charge < -0.3 is 14.9 Å². The minimum atomic E-state index is -4.89. The molecule has 0 saturated carbocycles. The van der Waals surface area contributed by atoms with Crippen LogP contribution in [-0.4, -0.2) is 83.5 Å². The van der Waals surface area contributed by atoms with E-state index in [4.69, 9.17) is 12.2 Å². The second-order valence-corrected chi connectivity index (χ2v) is 12.7. The molecule has 39 heavy (non-hydrogen) atoms. The molecule has 14 heteroatoms. The molecule has 1 aromatic rings. The van der Waals surface area contributed by atoms with Crippen LogP contribution in [-0.2, 0) is 20.4 Å². The van der Waals surface area contributed by atoms with Gasteiger partial charge in [0, 0.05) is 43.2 Å². The number of amides is 3. The summed E-state index contributed by atoms with van der Waals surface area (Å²) in [6, 6.07) is 3.87. The summed E-state index contributed by atoms with van der Waals surface area (Å²) >= 11 is 5.28. The Morgan fingerprint density at radius 1 is 1.15 bits per heavy atom. The van der Waals surface area contributed by atoms with Crippen LogP contribution in [0.2, 0.25) is 0 Å². The van der Waals surface area contributed by atoms with Gasteiger partial charge in [0.05, 0.1) is 10.9 Å². The number of rotatable bonds is 6. The number of carbonyl (C=O) groups is 2. The first-order chi connectivity index (χ1) is 18.0. The fourth-order valence-electron chi connectivity index (χ4n) is 4.79. The van der Waals surface area contributed by atoms with E-state index >= 15 is 0 Å². The molecule has 4 rings (SSSR count). The SMILES string of the molecule is CC1(C)C(=O)NC(=O)N1C[C@H]1CN(S(=O)(=O)C2=CC=CCC2=S)CCN1c1ccc(C(C)(O)C(F)(F)F)cc1. The molecule has 2 aliphatic heterocycles. The number of alkyl halides is 3. The first kappa shape index (κ1) is 29.2. The molecule has 1 aliphatic carbocycles. The number of sulfonamides is 1. The number of piperazine rings is 1. The Labute approximate surface area is 230 Å². The molecule has 1 unspecified atom stereocenters. The molecule has 2 fully saturated rings. The lowest BCUT2D eigenvalue weighted by Crippen LogP contribution is -2.60. The van der Waals surface area contributed by atoms with Crippen molar-refractivity contribution in [2.75, 3.05) is 31.1 Å². The number of halogens is 3. The van der Waals surface area contributed by atoms with Crippen LogP contribution in [0.1, 0.15) is 32.8 Å². The molecule has 2 heterocycles. The van der Waals surface area contributed by atoms with Gasteiger partial charge in [-0.05, 0) is 44.5 Å². The van der Waals surface area contributed by atoms with E-state index in [1.165, 1.54) is 27.4 Å². The van der Waals surface area contributed by atoms with E-state index in [-0.39, 0.29) is 41.5 Å². The lowest BCUT2D eigenvalue weighted by molar-refractivity contribution is -0.258. The zero-order valence-electron chi connectivity index (χ0n) is 21.5. The highest BCUT2D eigenvalue weighted by Crippen LogP contribution is 2.39. The first-order valence-corrected chi connectivity index (χ1v) is 14.0. The number of carbonyl (C=O) groups excluding carboxylic acids is 2. The number of urea groups is 1. The van der Waals surface area contributed by atoms with Gasteiger partial charge >= 0.3 is 12.2 Å². The summed E-state index contributed by atoms with van der Waals surface area (Å²) in [5.41, 5.74) is -4.14. The van der Waals surface area contributed by atoms with Gasteiger partial charge in [0.1, 0.15) is 5.54 Å². The number of imide groups is 1. The summed E-state index contributed by atoms with van der Waals surface area (Å²) in [5.74, 6) is -0.498. The Kier molecular flexibility index (Phi) is 7.47. The predicted molar refractivity (Wildman–Crippen MR) is 142 cm³/mol. The van der Waals surface area contributed by atoms with Crippen LogP contribution in [0.5, 0.6) is 0 Å². The van der Waals surface area contributed by atoms with Crippen molar-refractivity contribution in [3.05, 3.63) is 53.0 Å². The molecule has 1 aromatic carbocycles. The van der Waals surface area contributed by atoms with Gasteiger partial charge in [0.15, 0.2) is 5.60 Å². The van der Waals surface area contributed by atoms with Crippen molar-refractivity contribution in [3.8, 4) is 0 Å². The van der Waals surface area contributed by atoms with E-state index in [1.807, 2.05) is 0 Å². The van der Waals surface area contributed by atoms with Gasteiger partial charge in [0.2, 0.25) is 10.0 Å². The van der Waals surface area contributed by atoms with Gasteiger partial charge in [-0.15, -0.1) is 0 Å². The smallest absolute Gasteiger partial charge is 0.376 e. The Morgan fingerprint density at radius 2 is 1.79 bits per heavy atom. The monoisotopic (exact) mass is 586 g/mol. The van der Waals surface area contributed by atoms with E-state index in [1.54, 1.807) is 30.9 Å². The molecule has 0 spiro atoms. The number of thiocarbonyl (C=S) groups is 1. The van der Waals surface area contributed by atoms with Crippen LogP contribution in [0.4, 0.5) is 23.7 Å². The zero-order chi connectivity index (χ0) is 29.0. The molecule has 3 amide bonds. The summed E-state index contributed by atoms with van der Waals surface area (Å²) < 4.78 is 68.3. The molecule has 0 radical (unpaired) electrons. The van der Waals surface area contributed by atoms with E-state index in [0.717, 1.165) is 12.1 Å². The second-order valence-electron chi connectivity index (χ2n) is 10.3. The third kappa shape index (κ3) is 5.22. The lowest BCUT2D eigenvalue weighted by Gasteiger charge is -2.45. The molecule has 2 N–H and O–H groups in total. The number of allylic oxidation sites excluding steroid dienone is 4. The molecular weight excluding hydrogens is 557 g/mol. The fourth-order valence-corrected chi connectivity index (χ4v) is 6.86. The third-order valence-corrected chi connectivity index (χ3v) is 9.89. The van der Waals surface area contributed by atoms with Crippen molar-refractivity contribution in [1.29, 1.82) is 0 Å². The Hall–Kier alpha value is -2.81. The molecular formula is C25H29F3N4O5S2. The Bertz CT molecular complexity index is 1350. The molecule has 3 aliphatic rings. The summed E-state index contributed by atoms with van der Waals surface area (Å²) in [6.45, 7) is 3.90. The summed E-state index contributed by atoms with van der Waals surface area (Å²) in [7, 11) is -3.97. The van der Waals surface area contributed by atoms with Crippen molar-refractivity contribution >= 4 is 44.7 Å². The van der Waals surface area contributed by atoms with Crippen LogP contribution in [0.3, 0.4) is 0 Å². The van der Waals surface area contributed by atoms with Crippen LogP contribution >= 0.6 is 12.2 Å². The van der Waals surface area contributed by atoms with Crippen LogP contribution < -0.4 is 10.2 Å². The van der Waals surface area contributed by atoms with Gasteiger partial charge in [-0.3, -0.25) is 10.1 Å². The maximum atomic E-state index is 13.5. The van der Waals surface area contributed by atoms with Crippen molar-refractivity contribution < 1.29 is 36.3 Å². The normalized spacial score (nSPS) is 24.0. The number of nitrogens with zero attached hydrogens (tertiary/aromatic N) is 3. The van der Waals surface area contributed by atoms with Crippen molar-refractivity contribution in [3.63, 3.8) is 0 Å². The largest absolute Gasteiger partial charge is 0.421 e. The highest BCUT2D eigenvalue weighted by Gasteiger charge is 2.51. The summed E-state index contributed by atoms with van der Waals surface area (Å²) in [4.78, 5) is 28.4. The van der Waals surface area contributed by atoms with Gasteiger partial charge in [0.25, 0.3) is 5.91 Å². The molecule has 2 saturated heterocycles. The van der Waals surface area contributed by atoms with E-state index in [0.29, 0.717) is 19.0 Å². The highest BCUT2D eigenvalue weighted by molar-refractivity contribution is 7.96. The van der Waals surface area contributed by atoms with Crippen molar-refractivity contribution in [1.82, 2.24) is 14.5 Å². The Balaban J connectivity index is 1.67. The topological polar surface area (TPSA) is 110 Å². The summed E-state index contributed by atoms with van der Waals surface area (Å²) in [6.07, 6.45) is 0.261. The minimum absolute atomic E-state index is 0.0281. The molecule has 2 atom stereocenters. The average Bonchev–Trinajstić information content (AvgIpc) is 3.05. The van der Waals surface area contributed by atoms with Gasteiger partial charge in [-0.1, -0.05) is 36.5 Å². The minimum Gasteiger partial charge on any atom is -0.376 e. The number of hydrogen-bond donors (Lipinski definition) is 2. The molecule has 0 aromatic heterocycles. The number of hydrogen-bond acceptors (Lipinski definition) is 7. The zero-order valence-corrected chi connectivity index (χ0v) is 23.2. The highest BCUT2D eigenvalue weighted by atomic mass is 32.2. The quantitative estimate of drug-likeness (QED) is 0.390. The molecule has 212 valence electrons. The van der Waals surface area contributed by atoms with Gasteiger partial charge in [-0.2, -0.15) is 17.5 Å². The van der Waals surface area contributed by atoms with Crippen molar-refractivity contribution in [2.45, 2.75) is 50.6 Å². The predicted octanol–water partition coefficient (Wildman–Crippen LogP) is 2.82. The molecule has 9 nitrogen and oxygen atoms in total. The summed E-state index contributed by atoms with van der Waals surface area (Å²) in [5, 5.41) is 12.3. The second kappa shape index (κ2) is 9.98. The maximum Gasteiger partial charge on any atom is 0.421 e. The first-order valence-electron chi connectivity index (χ1n) is 12.2. The maximum absolute atomic E-state index is 13.5. The Morgan fingerprint density at radius 3 is 2.33 bits per heavy atom. The van der Waals surface area contributed by atoms with Crippen LogP contribution in [0.25, 0.3) is 0 Å². The van der Waals surface area contributed by atoms with Crippen LogP contribution in [0.15, 0.2) is 47.4 Å². The number of aliphatic hydroxyl groups is 1. The fraction of sp³-hybridized carbons (Fsp3) is 0.480. The number of anilines is 1. The number of benzene rings is 1. The average molecular weight is 587 g/mol. The van der Waals surface area contributed by atoms with Crippen LogP contribution in [0, 0.1) is 0 Å². The lowest BCUT2D eigenvalue weighted by atomic mass is 9.95. The standard InChI is InChI=1S/C25H29F3N4O5S2/c1-23(2)21(33)29-22(34)32(23)15-18-14-30(39(36,37)20-7-5-4-6-19(20)38)12-13-31(18)17-10-8-16(9-11-17)24(3,35)25(26,27)28/h4-5,7-11,18,35H,6,12-15H2,1-3H3,(H,29,33,34)/t18-,24?/m1/s1. The van der Waals surface area contributed by atoms with E-state index < -0.39 is 45.3 Å². The van der Waals surface area contributed by atoms with Crippen molar-refractivity contribution in [2.24, 2.45) is 0 Å². The molecule has 0 bridgehead atoms. The van der Waals surface area contributed by atoms with E-state index in [2.05, 4.69) is 5.32 Å². The number of nitrogens with one attached hydrogen (secondary N) is 1.